The summed E-state index contributed by atoms with van der Waals surface area (Å²) in [6, 6.07) is 4.71. The Balaban J connectivity index is 1.12. The Kier molecular flexibility index (Phi) is 4.92. The van der Waals surface area contributed by atoms with Crippen molar-refractivity contribution in [2.24, 2.45) is 35.0 Å². The van der Waals surface area contributed by atoms with Crippen LogP contribution in [0.3, 0.4) is 0 Å². The van der Waals surface area contributed by atoms with Crippen LogP contribution >= 0.6 is 0 Å². The Hall–Kier alpha value is -2.60. The van der Waals surface area contributed by atoms with Crippen LogP contribution in [0.25, 0.3) is 12.2 Å². The standard InChI is InChI=1S/C35H38/c1-22-18-27-11-10-26(23(2)34(27)19-22)20-28-12-13-32(33-9-5-8-31(28)33)25-14-16-35(17-15-25)21-29-6-4-7-30(29)24(35)3/h4-13,18-19,22,24-25,29,33H,14-17,20-21H2,1-3H3/t22?,24-,25?,29?,33?,35?/m1/s1. The van der Waals surface area contributed by atoms with E-state index in [1.807, 2.05) is 0 Å². The van der Waals surface area contributed by atoms with Crippen LogP contribution in [-0.2, 0) is 6.42 Å². The van der Waals surface area contributed by atoms with Crippen molar-refractivity contribution in [2.45, 2.75) is 59.3 Å². The van der Waals surface area contributed by atoms with E-state index < -0.39 is 0 Å². The molecule has 0 amide bonds. The fraction of sp³-hybridized carbons (Fsp3) is 0.429. The maximum absolute atomic E-state index is 2.53. The normalized spacial score (nSPS) is 36.1. The molecule has 1 aromatic rings. The number of allylic oxidation sites excluding steroid dienone is 12. The third-order valence-electron chi connectivity index (χ3n) is 10.6. The molecule has 178 valence electrons. The second-order valence-corrected chi connectivity index (χ2v) is 12.3. The first kappa shape index (κ1) is 21.7. The van der Waals surface area contributed by atoms with E-state index in [0.717, 1.165) is 24.2 Å². The van der Waals surface area contributed by atoms with Crippen molar-refractivity contribution in [2.75, 3.05) is 0 Å². The topological polar surface area (TPSA) is 0 Å². The van der Waals surface area contributed by atoms with Crippen LogP contribution in [0.4, 0.5) is 0 Å². The highest BCUT2D eigenvalue weighted by molar-refractivity contribution is 5.57. The molecule has 4 atom stereocenters. The lowest BCUT2D eigenvalue weighted by atomic mass is 9.62. The summed E-state index contributed by atoms with van der Waals surface area (Å²) in [5.41, 5.74) is 10.0. The van der Waals surface area contributed by atoms with Crippen LogP contribution in [0.2, 0.25) is 0 Å². The molecule has 0 radical (unpaired) electrons. The van der Waals surface area contributed by atoms with Gasteiger partial charge in [-0.1, -0.05) is 97.9 Å². The first-order chi connectivity index (χ1) is 17.0. The van der Waals surface area contributed by atoms with Gasteiger partial charge in [-0.25, -0.2) is 0 Å². The van der Waals surface area contributed by atoms with Gasteiger partial charge in [0.05, 0.1) is 0 Å². The van der Waals surface area contributed by atoms with Crippen LogP contribution < -0.4 is 10.4 Å². The lowest BCUT2D eigenvalue weighted by Gasteiger charge is -2.43. The zero-order chi connectivity index (χ0) is 23.7. The highest BCUT2D eigenvalue weighted by Crippen LogP contribution is 2.60. The van der Waals surface area contributed by atoms with Crippen molar-refractivity contribution < 1.29 is 0 Å². The third-order valence-corrected chi connectivity index (χ3v) is 10.6. The minimum Gasteiger partial charge on any atom is -0.0773 e. The van der Waals surface area contributed by atoms with Gasteiger partial charge in [-0.15, -0.1) is 0 Å². The van der Waals surface area contributed by atoms with Crippen LogP contribution in [-0.4, -0.2) is 0 Å². The molecule has 0 bridgehead atoms. The number of benzene rings is 1. The zero-order valence-electron chi connectivity index (χ0n) is 21.6. The van der Waals surface area contributed by atoms with Gasteiger partial charge < -0.3 is 0 Å². The average molecular weight is 459 g/mol. The minimum absolute atomic E-state index is 0.509. The molecule has 0 saturated heterocycles. The average Bonchev–Trinajstić information content (AvgIpc) is 3.63. The van der Waals surface area contributed by atoms with Gasteiger partial charge in [0.15, 0.2) is 0 Å². The van der Waals surface area contributed by atoms with Crippen molar-refractivity contribution in [3.05, 3.63) is 105 Å². The Bertz CT molecular complexity index is 1390. The molecule has 2 fully saturated rings. The van der Waals surface area contributed by atoms with Crippen molar-refractivity contribution in [1.82, 2.24) is 0 Å². The van der Waals surface area contributed by atoms with Crippen LogP contribution in [0.1, 0.15) is 57.1 Å². The fourth-order valence-corrected chi connectivity index (χ4v) is 8.49. The minimum atomic E-state index is 0.509. The van der Waals surface area contributed by atoms with Gasteiger partial charge in [0.1, 0.15) is 0 Å². The fourth-order valence-electron chi connectivity index (χ4n) is 8.49. The summed E-state index contributed by atoms with van der Waals surface area (Å²) in [6.45, 7) is 7.13. The first-order valence-corrected chi connectivity index (χ1v) is 14.0. The predicted molar refractivity (Wildman–Crippen MR) is 148 cm³/mol. The molecule has 0 aliphatic heterocycles. The van der Waals surface area contributed by atoms with Crippen LogP contribution in [0.5, 0.6) is 0 Å². The molecule has 2 saturated carbocycles. The maximum Gasteiger partial charge on any atom is 0.0240 e. The van der Waals surface area contributed by atoms with E-state index in [0.29, 0.717) is 17.3 Å². The number of hydrogen-bond donors (Lipinski definition) is 0. The monoisotopic (exact) mass is 458 g/mol. The summed E-state index contributed by atoms with van der Waals surface area (Å²) in [5.74, 6) is 3.33. The smallest absolute Gasteiger partial charge is 0.0240 e. The van der Waals surface area contributed by atoms with E-state index in [9.17, 15) is 0 Å². The highest BCUT2D eigenvalue weighted by Gasteiger charge is 2.49. The molecule has 6 aliphatic carbocycles. The van der Waals surface area contributed by atoms with Gasteiger partial charge in [0.25, 0.3) is 0 Å². The molecule has 0 N–H and O–H groups in total. The lowest BCUT2D eigenvalue weighted by Crippen LogP contribution is -2.32. The first-order valence-electron chi connectivity index (χ1n) is 14.0. The van der Waals surface area contributed by atoms with Crippen molar-refractivity contribution in [3.63, 3.8) is 0 Å². The lowest BCUT2D eigenvalue weighted by molar-refractivity contribution is 0.122. The van der Waals surface area contributed by atoms with E-state index >= 15 is 0 Å². The Morgan fingerprint density at radius 3 is 2.54 bits per heavy atom. The van der Waals surface area contributed by atoms with E-state index in [1.165, 1.54) is 59.2 Å². The molecule has 1 spiro atoms. The second kappa shape index (κ2) is 7.95. The van der Waals surface area contributed by atoms with Gasteiger partial charge in [-0.3, -0.25) is 0 Å². The molecular weight excluding hydrogens is 420 g/mol. The molecule has 0 nitrogen and oxygen atoms in total. The van der Waals surface area contributed by atoms with E-state index in [4.69, 9.17) is 0 Å². The number of rotatable bonds is 3. The Morgan fingerprint density at radius 1 is 0.886 bits per heavy atom. The highest BCUT2D eigenvalue weighted by atomic mass is 14.5. The SMILES string of the molecule is Cc1c(CC2=CC=C(C3CCC4(CC3)CC3C=CC=C3[C@H]4C)C3C=CC=C23)ccc2c1=CC(C)C=2. The Morgan fingerprint density at radius 2 is 1.71 bits per heavy atom. The summed E-state index contributed by atoms with van der Waals surface area (Å²) < 4.78 is 0. The van der Waals surface area contributed by atoms with Crippen molar-refractivity contribution >= 4 is 12.2 Å². The summed E-state index contributed by atoms with van der Waals surface area (Å²) >= 11 is 0. The number of fused-ring (bicyclic) bond motifs is 3. The van der Waals surface area contributed by atoms with E-state index in [-0.39, 0.29) is 0 Å². The molecule has 1 aromatic carbocycles. The largest absolute Gasteiger partial charge is 0.0773 e. The van der Waals surface area contributed by atoms with E-state index in [1.54, 1.807) is 16.7 Å². The van der Waals surface area contributed by atoms with Gasteiger partial charge in [0.2, 0.25) is 0 Å². The molecule has 0 heterocycles. The Labute approximate surface area is 210 Å². The summed E-state index contributed by atoms with van der Waals surface area (Å²) in [7, 11) is 0. The molecule has 7 rings (SSSR count). The van der Waals surface area contributed by atoms with Gasteiger partial charge in [-0.2, -0.15) is 0 Å². The quantitative estimate of drug-likeness (QED) is 0.455. The predicted octanol–water partition coefficient (Wildman–Crippen LogP) is 7.06. The van der Waals surface area contributed by atoms with Gasteiger partial charge in [-0.05, 0) is 107 Å². The summed E-state index contributed by atoms with van der Waals surface area (Å²) in [4.78, 5) is 0. The van der Waals surface area contributed by atoms with Crippen molar-refractivity contribution in [3.8, 4) is 0 Å². The second-order valence-electron chi connectivity index (χ2n) is 12.3. The van der Waals surface area contributed by atoms with Gasteiger partial charge >= 0.3 is 0 Å². The number of hydrogen-bond acceptors (Lipinski definition) is 0. The molecule has 6 aliphatic rings. The summed E-state index contributed by atoms with van der Waals surface area (Å²) in [6.07, 6.45) is 32.2. The zero-order valence-corrected chi connectivity index (χ0v) is 21.6. The maximum atomic E-state index is 2.53. The van der Waals surface area contributed by atoms with Crippen molar-refractivity contribution in [1.29, 1.82) is 0 Å². The van der Waals surface area contributed by atoms with Crippen LogP contribution in [0.15, 0.2) is 83.0 Å². The molecule has 0 aromatic heterocycles. The van der Waals surface area contributed by atoms with Gasteiger partial charge in [0, 0.05) is 5.92 Å². The summed E-state index contributed by atoms with van der Waals surface area (Å²) in [5, 5.41) is 2.88. The molecule has 0 heteroatoms. The molecule has 35 heavy (non-hydrogen) atoms. The van der Waals surface area contributed by atoms with Crippen LogP contribution in [0, 0.1) is 41.9 Å². The third kappa shape index (κ3) is 3.32. The molecule has 3 unspecified atom stereocenters. The van der Waals surface area contributed by atoms with E-state index in [2.05, 4.69) is 93.7 Å². The molecular formula is C35H38.